The van der Waals surface area contributed by atoms with E-state index in [1.165, 1.54) is 12.1 Å². The summed E-state index contributed by atoms with van der Waals surface area (Å²) < 4.78 is 38.7. The summed E-state index contributed by atoms with van der Waals surface area (Å²) in [5, 5.41) is 8.52. The molecule has 0 bridgehead atoms. The van der Waals surface area contributed by atoms with Gasteiger partial charge in [-0.1, -0.05) is 12.1 Å². The largest absolute Gasteiger partial charge is 0.449 e. The highest BCUT2D eigenvalue weighted by atomic mass is 19.4. The van der Waals surface area contributed by atoms with Crippen LogP contribution in [0.5, 0.6) is 0 Å². The maximum absolute atomic E-state index is 12.6. The molecule has 0 aliphatic carbocycles. The maximum Gasteiger partial charge on any atom is 0.449 e. The number of hydrogen-bond donors (Lipinski definition) is 0. The second-order valence-electron chi connectivity index (χ2n) is 3.17. The quantitative estimate of drug-likeness (QED) is 0.748. The van der Waals surface area contributed by atoms with Gasteiger partial charge in [-0.2, -0.15) is 18.4 Å². The first kappa shape index (κ1) is 10.5. The van der Waals surface area contributed by atoms with Crippen LogP contribution >= 0.6 is 0 Å². The van der Waals surface area contributed by atoms with E-state index in [4.69, 9.17) is 5.26 Å². The van der Waals surface area contributed by atoms with Crippen molar-refractivity contribution in [3.05, 3.63) is 30.1 Å². The van der Waals surface area contributed by atoms with E-state index >= 15 is 0 Å². The Hall–Kier alpha value is -2.03. The van der Waals surface area contributed by atoms with Crippen LogP contribution in [0.1, 0.15) is 5.82 Å². The maximum atomic E-state index is 12.6. The molecule has 0 fully saturated rings. The molecule has 0 aliphatic rings. The molecule has 2 rings (SSSR count). The first-order valence-corrected chi connectivity index (χ1v) is 4.43. The molecule has 6 heteroatoms. The third kappa shape index (κ3) is 1.60. The lowest BCUT2D eigenvalue weighted by molar-refractivity contribution is -0.146. The van der Waals surface area contributed by atoms with Gasteiger partial charge in [0.05, 0.1) is 17.1 Å². The molecule has 0 amide bonds. The van der Waals surface area contributed by atoms with Crippen molar-refractivity contribution in [3.63, 3.8) is 0 Å². The summed E-state index contributed by atoms with van der Waals surface area (Å²) >= 11 is 0. The summed E-state index contributed by atoms with van der Waals surface area (Å²) in [6.07, 6.45) is -4.55. The molecular weight excluding hydrogens is 219 g/mol. The average Bonchev–Trinajstić information content (AvgIpc) is 2.58. The predicted octanol–water partition coefficient (Wildman–Crippen LogP) is 2.58. The van der Waals surface area contributed by atoms with Gasteiger partial charge in [0.25, 0.3) is 0 Å². The van der Waals surface area contributed by atoms with Gasteiger partial charge in [0, 0.05) is 0 Å². The Bertz CT molecular complexity index is 563. The monoisotopic (exact) mass is 225 g/mol. The fraction of sp³-hybridized carbons (Fsp3) is 0.200. The molecule has 0 saturated heterocycles. The fourth-order valence-corrected chi connectivity index (χ4v) is 1.52. The zero-order valence-corrected chi connectivity index (χ0v) is 7.99. The van der Waals surface area contributed by atoms with Gasteiger partial charge in [-0.15, -0.1) is 0 Å². The van der Waals surface area contributed by atoms with Gasteiger partial charge < -0.3 is 4.57 Å². The van der Waals surface area contributed by atoms with E-state index in [1.54, 1.807) is 18.2 Å². The van der Waals surface area contributed by atoms with E-state index in [0.717, 1.165) is 4.57 Å². The van der Waals surface area contributed by atoms with Gasteiger partial charge in [-0.05, 0) is 12.1 Å². The van der Waals surface area contributed by atoms with E-state index < -0.39 is 12.0 Å². The predicted molar refractivity (Wildman–Crippen MR) is 50.3 cm³/mol. The minimum absolute atomic E-state index is 0.241. The first-order valence-electron chi connectivity index (χ1n) is 4.43. The lowest BCUT2D eigenvalue weighted by Crippen LogP contribution is -2.14. The number of rotatable bonds is 1. The molecular formula is C10H6F3N3. The third-order valence-electron chi connectivity index (χ3n) is 2.14. The summed E-state index contributed by atoms with van der Waals surface area (Å²) in [7, 11) is 0. The number of imidazole rings is 1. The Morgan fingerprint density at radius 3 is 2.62 bits per heavy atom. The Kier molecular flexibility index (Phi) is 2.31. The standard InChI is InChI=1S/C10H6F3N3/c11-10(12,13)9-15-7-3-1-2-4-8(7)16(9)6-5-14/h1-4H,6H2. The van der Waals surface area contributed by atoms with Crippen molar-refractivity contribution < 1.29 is 13.2 Å². The second-order valence-corrected chi connectivity index (χ2v) is 3.17. The zero-order valence-electron chi connectivity index (χ0n) is 7.99. The van der Waals surface area contributed by atoms with Crippen molar-refractivity contribution in [2.75, 3.05) is 0 Å². The number of nitriles is 1. The van der Waals surface area contributed by atoms with Gasteiger partial charge in [-0.25, -0.2) is 4.98 Å². The summed E-state index contributed by atoms with van der Waals surface area (Å²) in [6.45, 7) is -0.366. The zero-order chi connectivity index (χ0) is 11.8. The summed E-state index contributed by atoms with van der Waals surface area (Å²) in [5.41, 5.74) is 0.557. The highest BCUT2D eigenvalue weighted by Gasteiger charge is 2.37. The molecule has 0 spiro atoms. The summed E-state index contributed by atoms with van der Waals surface area (Å²) in [4.78, 5) is 3.49. The lowest BCUT2D eigenvalue weighted by Gasteiger charge is -2.07. The van der Waals surface area contributed by atoms with Crippen LogP contribution in [-0.2, 0) is 12.7 Å². The number of fused-ring (bicyclic) bond motifs is 1. The SMILES string of the molecule is N#CCn1c(C(F)(F)F)nc2ccccc21. The van der Waals surface area contributed by atoms with Gasteiger partial charge in [0.15, 0.2) is 0 Å². The topological polar surface area (TPSA) is 41.6 Å². The molecule has 3 nitrogen and oxygen atoms in total. The van der Waals surface area contributed by atoms with Crippen molar-refractivity contribution >= 4 is 11.0 Å². The fourth-order valence-electron chi connectivity index (χ4n) is 1.52. The van der Waals surface area contributed by atoms with E-state index in [2.05, 4.69) is 4.98 Å². The molecule has 0 radical (unpaired) electrons. The number of aromatic nitrogens is 2. The van der Waals surface area contributed by atoms with Gasteiger partial charge in [0.2, 0.25) is 5.82 Å². The molecule has 16 heavy (non-hydrogen) atoms. The van der Waals surface area contributed by atoms with Crippen molar-refractivity contribution in [2.24, 2.45) is 0 Å². The van der Waals surface area contributed by atoms with Crippen LogP contribution in [0.25, 0.3) is 11.0 Å². The minimum atomic E-state index is -4.55. The summed E-state index contributed by atoms with van der Waals surface area (Å²) in [5.74, 6) is -1.03. The average molecular weight is 225 g/mol. The van der Waals surface area contributed by atoms with Crippen LogP contribution in [0.2, 0.25) is 0 Å². The van der Waals surface area contributed by atoms with Crippen LogP contribution in [0.15, 0.2) is 24.3 Å². The number of halogens is 3. The molecule has 0 saturated carbocycles. The first-order chi connectivity index (χ1) is 7.54. The highest BCUT2D eigenvalue weighted by molar-refractivity contribution is 5.76. The van der Waals surface area contributed by atoms with Crippen molar-refractivity contribution in [3.8, 4) is 6.07 Å². The van der Waals surface area contributed by atoms with Gasteiger partial charge in [0.1, 0.15) is 6.54 Å². The highest BCUT2D eigenvalue weighted by Crippen LogP contribution is 2.31. The number of nitrogens with zero attached hydrogens (tertiary/aromatic N) is 3. The van der Waals surface area contributed by atoms with Crippen LogP contribution < -0.4 is 0 Å². The Morgan fingerprint density at radius 2 is 2.00 bits per heavy atom. The molecule has 0 atom stereocenters. The third-order valence-corrected chi connectivity index (χ3v) is 2.14. The minimum Gasteiger partial charge on any atom is -0.306 e. The number of hydrogen-bond acceptors (Lipinski definition) is 2. The van der Waals surface area contributed by atoms with Crippen molar-refractivity contribution in [2.45, 2.75) is 12.7 Å². The molecule has 1 aromatic heterocycles. The smallest absolute Gasteiger partial charge is 0.306 e. The number of benzene rings is 1. The number of para-hydroxylation sites is 2. The molecule has 0 N–H and O–H groups in total. The number of alkyl halides is 3. The van der Waals surface area contributed by atoms with Crippen molar-refractivity contribution in [1.82, 2.24) is 9.55 Å². The van der Waals surface area contributed by atoms with Gasteiger partial charge >= 0.3 is 6.18 Å². The van der Waals surface area contributed by atoms with E-state index in [0.29, 0.717) is 5.52 Å². The van der Waals surface area contributed by atoms with Crippen molar-refractivity contribution in [1.29, 1.82) is 5.26 Å². The molecule has 82 valence electrons. The Labute approximate surface area is 88.7 Å². The molecule has 1 heterocycles. The van der Waals surface area contributed by atoms with Crippen LogP contribution in [0, 0.1) is 11.3 Å². The van der Waals surface area contributed by atoms with E-state index in [1.807, 2.05) is 0 Å². The molecule has 0 unspecified atom stereocenters. The van der Waals surface area contributed by atoms with E-state index in [-0.39, 0.29) is 12.1 Å². The summed E-state index contributed by atoms with van der Waals surface area (Å²) in [6, 6.07) is 7.90. The Morgan fingerprint density at radius 1 is 1.31 bits per heavy atom. The molecule has 1 aromatic carbocycles. The second kappa shape index (κ2) is 3.52. The Balaban J connectivity index is 2.74. The molecule has 2 aromatic rings. The van der Waals surface area contributed by atoms with Crippen LogP contribution in [-0.4, -0.2) is 9.55 Å². The van der Waals surface area contributed by atoms with Gasteiger partial charge in [-0.3, -0.25) is 0 Å². The van der Waals surface area contributed by atoms with Crippen LogP contribution in [0.4, 0.5) is 13.2 Å². The normalized spacial score (nSPS) is 11.6. The lowest BCUT2D eigenvalue weighted by atomic mass is 10.3. The molecule has 0 aliphatic heterocycles. The van der Waals surface area contributed by atoms with Crippen LogP contribution in [0.3, 0.4) is 0 Å². The van der Waals surface area contributed by atoms with E-state index in [9.17, 15) is 13.2 Å².